The molecule has 1 fully saturated rings. The highest BCUT2D eigenvalue weighted by Gasteiger charge is 2.49. The van der Waals surface area contributed by atoms with Crippen molar-refractivity contribution < 1.29 is 9.90 Å². The summed E-state index contributed by atoms with van der Waals surface area (Å²) in [7, 11) is 0. The van der Waals surface area contributed by atoms with Gasteiger partial charge in [0, 0.05) is 6.54 Å². The topological polar surface area (TPSA) is 63.3 Å². The fourth-order valence-electron chi connectivity index (χ4n) is 2.52. The summed E-state index contributed by atoms with van der Waals surface area (Å²) in [5.74, 6) is -0.325. The molecule has 0 bridgehead atoms. The lowest BCUT2D eigenvalue weighted by atomic mass is 9.78. The molecule has 3 N–H and O–H groups in total. The van der Waals surface area contributed by atoms with Gasteiger partial charge in [0.25, 0.3) is 0 Å². The second kappa shape index (κ2) is 6.24. The lowest BCUT2D eigenvalue weighted by Gasteiger charge is -2.27. The molecule has 16 heavy (non-hydrogen) atoms. The third-order valence-corrected chi connectivity index (χ3v) is 3.88. The Balaban J connectivity index is 2.35. The van der Waals surface area contributed by atoms with Crippen molar-refractivity contribution in [2.45, 2.75) is 58.3 Å². The predicted octanol–water partition coefficient (Wildman–Crippen LogP) is 2.79. The highest BCUT2D eigenvalue weighted by molar-refractivity contribution is 5.75. The highest BCUT2D eigenvalue weighted by atomic mass is 16.4. The van der Waals surface area contributed by atoms with Gasteiger partial charge in [0.15, 0.2) is 0 Å². The number of unbranched alkanes of at least 4 members (excludes halogenated alkanes) is 4. The van der Waals surface area contributed by atoms with Gasteiger partial charge in [-0.15, -0.1) is 0 Å². The minimum absolute atomic E-state index is 0.306. The van der Waals surface area contributed by atoms with Crippen molar-refractivity contribution in [1.29, 1.82) is 0 Å². The van der Waals surface area contributed by atoms with E-state index in [9.17, 15) is 9.90 Å². The Morgan fingerprint density at radius 3 is 2.38 bits per heavy atom. The van der Waals surface area contributed by atoms with Crippen molar-refractivity contribution in [3.8, 4) is 0 Å². The molecule has 1 rings (SSSR count). The summed E-state index contributed by atoms with van der Waals surface area (Å²) in [6.07, 6.45) is 8.75. The summed E-state index contributed by atoms with van der Waals surface area (Å²) < 4.78 is 0. The Morgan fingerprint density at radius 1 is 1.31 bits per heavy atom. The molecule has 3 nitrogen and oxygen atoms in total. The summed E-state index contributed by atoms with van der Waals surface area (Å²) >= 11 is 0. The molecule has 1 unspecified atom stereocenters. The van der Waals surface area contributed by atoms with Gasteiger partial charge in [-0.3, -0.25) is 4.79 Å². The van der Waals surface area contributed by atoms with E-state index in [4.69, 9.17) is 5.73 Å². The second-order valence-electron chi connectivity index (χ2n) is 5.10. The van der Waals surface area contributed by atoms with Crippen molar-refractivity contribution >= 4 is 5.97 Å². The van der Waals surface area contributed by atoms with Crippen LogP contribution in [0.15, 0.2) is 0 Å². The van der Waals surface area contributed by atoms with E-state index in [-0.39, 0.29) is 0 Å². The summed E-state index contributed by atoms with van der Waals surface area (Å²) in [6.45, 7) is 2.49. The molecule has 1 saturated carbocycles. The van der Waals surface area contributed by atoms with Crippen LogP contribution in [0.5, 0.6) is 0 Å². The summed E-state index contributed by atoms with van der Waals surface area (Å²) in [6, 6.07) is 0. The third kappa shape index (κ3) is 3.21. The Morgan fingerprint density at radius 2 is 1.94 bits per heavy atom. The van der Waals surface area contributed by atoms with Crippen LogP contribution in [0.4, 0.5) is 0 Å². The number of hydrogen-bond acceptors (Lipinski definition) is 2. The number of hydrogen-bond donors (Lipinski definition) is 2. The Bertz CT molecular complexity index is 226. The van der Waals surface area contributed by atoms with E-state index in [1.165, 1.54) is 19.3 Å². The van der Waals surface area contributed by atoms with Gasteiger partial charge in [0.2, 0.25) is 0 Å². The molecule has 0 amide bonds. The van der Waals surface area contributed by atoms with Gasteiger partial charge in [-0.1, -0.05) is 39.0 Å². The van der Waals surface area contributed by atoms with Crippen LogP contribution in [0.1, 0.15) is 58.3 Å². The Hall–Kier alpha value is -0.570. The molecule has 0 aliphatic heterocycles. The first-order valence-corrected chi connectivity index (χ1v) is 6.61. The summed E-state index contributed by atoms with van der Waals surface area (Å²) in [4.78, 5) is 11.4. The van der Waals surface area contributed by atoms with Crippen molar-refractivity contribution in [2.75, 3.05) is 6.54 Å². The van der Waals surface area contributed by atoms with E-state index < -0.39 is 11.4 Å². The van der Waals surface area contributed by atoms with Crippen LogP contribution in [-0.2, 0) is 4.79 Å². The van der Waals surface area contributed by atoms with Crippen LogP contribution in [0, 0.1) is 11.3 Å². The Kier molecular flexibility index (Phi) is 5.26. The molecule has 0 aromatic heterocycles. The zero-order valence-electron chi connectivity index (χ0n) is 10.4. The number of carboxylic acid groups (broad SMARTS) is 1. The number of rotatable bonds is 9. The minimum atomic E-state index is -0.673. The molecule has 0 aromatic rings. The average Bonchev–Trinajstić information content (AvgIpc) is 3.07. The maximum atomic E-state index is 11.4. The fourth-order valence-corrected chi connectivity index (χ4v) is 2.52. The normalized spacial score (nSPS) is 19.4. The largest absolute Gasteiger partial charge is 0.481 e. The van der Waals surface area contributed by atoms with Crippen LogP contribution in [0.3, 0.4) is 0 Å². The average molecular weight is 227 g/mol. The smallest absolute Gasteiger partial charge is 0.311 e. The summed E-state index contributed by atoms with van der Waals surface area (Å²) in [5.41, 5.74) is 5.10. The molecule has 94 valence electrons. The van der Waals surface area contributed by atoms with Gasteiger partial charge in [0.1, 0.15) is 0 Å². The quantitative estimate of drug-likeness (QED) is 0.595. The standard InChI is InChI=1S/C13H25NO2/c1-2-3-4-5-6-9-13(10-14,12(15)16)11-7-8-11/h11H,2-10,14H2,1H3,(H,15,16). The number of carboxylic acids is 1. The Labute approximate surface area is 98.4 Å². The minimum Gasteiger partial charge on any atom is -0.481 e. The van der Waals surface area contributed by atoms with Gasteiger partial charge in [-0.2, -0.15) is 0 Å². The van der Waals surface area contributed by atoms with E-state index in [0.717, 1.165) is 32.1 Å². The van der Waals surface area contributed by atoms with E-state index in [1.807, 2.05) is 0 Å². The van der Waals surface area contributed by atoms with E-state index in [0.29, 0.717) is 12.5 Å². The van der Waals surface area contributed by atoms with Crippen LogP contribution in [0.2, 0.25) is 0 Å². The first-order valence-electron chi connectivity index (χ1n) is 6.61. The van der Waals surface area contributed by atoms with Gasteiger partial charge in [-0.25, -0.2) is 0 Å². The number of aliphatic carboxylic acids is 1. The third-order valence-electron chi connectivity index (χ3n) is 3.88. The van der Waals surface area contributed by atoms with Crippen LogP contribution in [0.25, 0.3) is 0 Å². The van der Waals surface area contributed by atoms with Gasteiger partial charge < -0.3 is 10.8 Å². The maximum Gasteiger partial charge on any atom is 0.311 e. The first-order chi connectivity index (χ1) is 7.67. The lowest BCUT2D eigenvalue weighted by Crippen LogP contribution is -2.40. The van der Waals surface area contributed by atoms with Gasteiger partial charge in [0.05, 0.1) is 5.41 Å². The maximum absolute atomic E-state index is 11.4. The molecule has 1 aliphatic carbocycles. The molecular weight excluding hydrogens is 202 g/mol. The van der Waals surface area contributed by atoms with E-state index in [1.54, 1.807) is 0 Å². The van der Waals surface area contributed by atoms with Crippen LogP contribution >= 0.6 is 0 Å². The zero-order chi connectivity index (χ0) is 12.0. The van der Waals surface area contributed by atoms with E-state index in [2.05, 4.69) is 6.92 Å². The van der Waals surface area contributed by atoms with Crippen molar-refractivity contribution in [2.24, 2.45) is 17.1 Å². The molecule has 3 heteroatoms. The fraction of sp³-hybridized carbons (Fsp3) is 0.923. The predicted molar refractivity (Wildman–Crippen MR) is 65.2 cm³/mol. The number of nitrogens with two attached hydrogens (primary N) is 1. The van der Waals surface area contributed by atoms with E-state index >= 15 is 0 Å². The summed E-state index contributed by atoms with van der Waals surface area (Å²) in [5, 5.41) is 9.36. The highest BCUT2D eigenvalue weighted by Crippen LogP contribution is 2.48. The SMILES string of the molecule is CCCCCCCC(CN)(C(=O)O)C1CC1. The molecule has 0 heterocycles. The van der Waals surface area contributed by atoms with Crippen molar-refractivity contribution in [3.05, 3.63) is 0 Å². The zero-order valence-corrected chi connectivity index (χ0v) is 10.4. The molecular formula is C13H25NO2. The second-order valence-corrected chi connectivity index (χ2v) is 5.10. The molecule has 1 aliphatic rings. The van der Waals surface area contributed by atoms with Crippen LogP contribution in [-0.4, -0.2) is 17.6 Å². The molecule has 0 aromatic carbocycles. The lowest BCUT2D eigenvalue weighted by molar-refractivity contribution is -0.150. The van der Waals surface area contributed by atoms with Gasteiger partial charge >= 0.3 is 5.97 Å². The van der Waals surface area contributed by atoms with Gasteiger partial charge in [-0.05, 0) is 25.2 Å². The van der Waals surface area contributed by atoms with Crippen molar-refractivity contribution in [3.63, 3.8) is 0 Å². The monoisotopic (exact) mass is 227 g/mol. The molecule has 1 atom stereocenters. The van der Waals surface area contributed by atoms with Crippen LogP contribution < -0.4 is 5.73 Å². The number of carbonyl (C=O) groups is 1. The first kappa shape index (κ1) is 13.5. The molecule has 0 spiro atoms. The molecule has 0 radical (unpaired) electrons. The molecule has 0 saturated heterocycles. The van der Waals surface area contributed by atoms with Crippen molar-refractivity contribution in [1.82, 2.24) is 0 Å².